The second kappa shape index (κ2) is 11.6. The van der Waals surface area contributed by atoms with Crippen LogP contribution in [-0.2, 0) is 17.7 Å². The molecule has 3 fully saturated rings. The SMILES string of the molecule is OC1OC2(CCN(C[C@H]3CN(Cc4ccc(Cl)cc4Cl)C[C@@H]3c3ccsc3)CC2)CC1Cc1ccccc1. The lowest BCUT2D eigenvalue weighted by molar-refractivity contribution is -0.162. The molecule has 6 rings (SSSR count). The van der Waals surface area contributed by atoms with Gasteiger partial charge in [0.25, 0.3) is 0 Å². The summed E-state index contributed by atoms with van der Waals surface area (Å²) < 4.78 is 6.28. The summed E-state index contributed by atoms with van der Waals surface area (Å²) in [6, 6.07) is 18.6. The number of nitrogens with zero attached hydrogens (tertiary/aromatic N) is 2. The molecule has 1 aromatic heterocycles. The van der Waals surface area contributed by atoms with Gasteiger partial charge in [-0.15, -0.1) is 0 Å². The molecule has 3 aliphatic heterocycles. The molecule has 2 aromatic carbocycles. The van der Waals surface area contributed by atoms with Crippen molar-refractivity contribution >= 4 is 34.5 Å². The van der Waals surface area contributed by atoms with Gasteiger partial charge in [0.1, 0.15) is 0 Å². The highest BCUT2D eigenvalue weighted by molar-refractivity contribution is 7.08. The zero-order chi connectivity index (χ0) is 26.1. The lowest BCUT2D eigenvalue weighted by atomic mass is 9.82. The number of rotatable bonds is 7. The molecule has 1 N–H and O–H groups in total. The van der Waals surface area contributed by atoms with Crippen LogP contribution < -0.4 is 0 Å². The number of likely N-dealkylation sites (tertiary alicyclic amines) is 2. The molecule has 2 unspecified atom stereocenters. The third kappa shape index (κ3) is 6.00. The monoisotopic (exact) mass is 570 g/mol. The van der Waals surface area contributed by atoms with Crippen LogP contribution in [0, 0.1) is 11.8 Å². The molecule has 7 heteroatoms. The van der Waals surface area contributed by atoms with Gasteiger partial charge in [-0.2, -0.15) is 11.3 Å². The van der Waals surface area contributed by atoms with Crippen molar-refractivity contribution in [3.8, 4) is 0 Å². The number of hydrogen-bond donors (Lipinski definition) is 1. The second-order valence-electron chi connectivity index (χ2n) is 11.5. The van der Waals surface area contributed by atoms with Crippen molar-refractivity contribution < 1.29 is 9.84 Å². The van der Waals surface area contributed by atoms with Gasteiger partial charge in [0, 0.05) is 61.1 Å². The Morgan fingerprint density at radius 1 is 0.974 bits per heavy atom. The van der Waals surface area contributed by atoms with Crippen LogP contribution in [0.1, 0.15) is 41.9 Å². The number of halogens is 2. The molecule has 0 aliphatic carbocycles. The lowest BCUT2D eigenvalue weighted by Gasteiger charge is -2.40. The first kappa shape index (κ1) is 26.8. The minimum atomic E-state index is -0.659. The van der Waals surface area contributed by atoms with E-state index in [9.17, 15) is 5.11 Å². The topological polar surface area (TPSA) is 35.9 Å². The van der Waals surface area contributed by atoms with E-state index in [1.165, 1.54) is 11.1 Å². The molecule has 4 nitrogen and oxygen atoms in total. The van der Waals surface area contributed by atoms with E-state index in [0.717, 1.165) is 75.5 Å². The fourth-order valence-corrected chi connectivity index (χ4v) is 8.09. The van der Waals surface area contributed by atoms with Gasteiger partial charge in [-0.05, 0) is 77.3 Å². The quantitative estimate of drug-likeness (QED) is 0.342. The van der Waals surface area contributed by atoms with Crippen LogP contribution in [0.4, 0.5) is 0 Å². The molecule has 0 amide bonds. The molecule has 1 spiro atoms. The number of hydrogen-bond acceptors (Lipinski definition) is 5. The first-order valence-electron chi connectivity index (χ1n) is 13.8. The molecule has 3 aliphatic rings. The zero-order valence-corrected chi connectivity index (χ0v) is 24.0. The Morgan fingerprint density at radius 2 is 1.79 bits per heavy atom. The number of piperidine rings is 1. The number of aliphatic hydroxyl groups is 1. The van der Waals surface area contributed by atoms with E-state index in [0.29, 0.717) is 16.9 Å². The van der Waals surface area contributed by atoms with E-state index in [4.69, 9.17) is 27.9 Å². The average molecular weight is 572 g/mol. The maximum Gasteiger partial charge on any atom is 0.158 e. The third-order valence-electron chi connectivity index (χ3n) is 8.91. The van der Waals surface area contributed by atoms with E-state index < -0.39 is 6.29 Å². The summed E-state index contributed by atoms with van der Waals surface area (Å²) in [6.45, 7) is 6.12. The molecule has 0 radical (unpaired) electrons. The van der Waals surface area contributed by atoms with Gasteiger partial charge in [0.15, 0.2) is 6.29 Å². The van der Waals surface area contributed by atoms with Gasteiger partial charge < -0.3 is 14.7 Å². The van der Waals surface area contributed by atoms with Gasteiger partial charge in [-0.3, -0.25) is 4.90 Å². The molecule has 3 aromatic rings. The highest BCUT2D eigenvalue weighted by Gasteiger charge is 2.47. The number of ether oxygens (including phenoxy) is 1. The van der Waals surface area contributed by atoms with Crippen LogP contribution >= 0.6 is 34.5 Å². The van der Waals surface area contributed by atoms with Crippen LogP contribution in [0.5, 0.6) is 0 Å². The van der Waals surface area contributed by atoms with Crippen LogP contribution in [-0.4, -0.2) is 59.5 Å². The summed E-state index contributed by atoms with van der Waals surface area (Å²) in [4.78, 5) is 5.19. The molecule has 202 valence electrons. The number of benzene rings is 2. The summed E-state index contributed by atoms with van der Waals surface area (Å²) in [5.41, 5.74) is 3.71. The highest BCUT2D eigenvalue weighted by Crippen LogP contribution is 2.43. The Balaban J connectivity index is 1.07. The van der Waals surface area contributed by atoms with E-state index in [-0.39, 0.29) is 11.5 Å². The van der Waals surface area contributed by atoms with Crippen molar-refractivity contribution in [3.63, 3.8) is 0 Å². The fraction of sp³-hybridized carbons (Fsp3) is 0.484. The fourth-order valence-electron chi connectivity index (χ4n) is 6.89. The van der Waals surface area contributed by atoms with Crippen LogP contribution in [0.15, 0.2) is 65.4 Å². The number of thiophene rings is 1. The van der Waals surface area contributed by atoms with Crippen molar-refractivity contribution in [1.82, 2.24) is 9.80 Å². The minimum Gasteiger partial charge on any atom is -0.368 e. The van der Waals surface area contributed by atoms with Gasteiger partial charge >= 0.3 is 0 Å². The molecule has 38 heavy (non-hydrogen) atoms. The minimum absolute atomic E-state index is 0.171. The molecule has 4 atom stereocenters. The Labute approximate surface area is 240 Å². The van der Waals surface area contributed by atoms with Crippen molar-refractivity contribution in [2.24, 2.45) is 11.8 Å². The molecule has 0 saturated carbocycles. The van der Waals surface area contributed by atoms with E-state index in [2.05, 4.69) is 57.0 Å². The Morgan fingerprint density at radius 3 is 2.53 bits per heavy atom. The van der Waals surface area contributed by atoms with Crippen LogP contribution in [0.2, 0.25) is 10.0 Å². The standard InChI is InChI=1S/C31H36Cl2N2O2S/c32-27-7-6-23(29(33)15-27)17-35-19-26(28(20-35)24-8-13-38-21-24)18-34-11-9-31(10-12-34)16-25(30(36)37-31)14-22-4-2-1-3-5-22/h1-8,13,15,21,25-26,28,30,36H,9-12,14,16-20H2/t25?,26-,28+,30?/m0/s1. The van der Waals surface area contributed by atoms with Crippen molar-refractivity contribution in [3.05, 3.63) is 92.1 Å². The lowest BCUT2D eigenvalue weighted by Crippen LogP contribution is -2.46. The second-order valence-corrected chi connectivity index (χ2v) is 13.1. The van der Waals surface area contributed by atoms with Crippen molar-refractivity contribution in [2.75, 3.05) is 32.7 Å². The highest BCUT2D eigenvalue weighted by atomic mass is 35.5. The summed E-state index contributed by atoms with van der Waals surface area (Å²) in [5.74, 6) is 1.28. The summed E-state index contributed by atoms with van der Waals surface area (Å²) in [7, 11) is 0. The van der Waals surface area contributed by atoms with Gasteiger partial charge in [0.05, 0.1) is 5.60 Å². The maximum absolute atomic E-state index is 10.7. The predicted octanol–water partition coefficient (Wildman–Crippen LogP) is 6.70. The van der Waals surface area contributed by atoms with Gasteiger partial charge in [0.2, 0.25) is 0 Å². The van der Waals surface area contributed by atoms with E-state index >= 15 is 0 Å². The van der Waals surface area contributed by atoms with Gasteiger partial charge in [-0.1, -0.05) is 59.6 Å². The van der Waals surface area contributed by atoms with Gasteiger partial charge in [-0.25, -0.2) is 0 Å². The average Bonchev–Trinajstić information content (AvgIpc) is 3.63. The number of aliphatic hydroxyl groups excluding tert-OH is 1. The summed E-state index contributed by atoms with van der Waals surface area (Å²) >= 11 is 14.4. The summed E-state index contributed by atoms with van der Waals surface area (Å²) in [5, 5.41) is 16.7. The Kier molecular flexibility index (Phi) is 8.16. The zero-order valence-electron chi connectivity index (χ0n) is 21.6. The third-order valence-corrected chi connectivity index (χ3v) is 10.2. The molecule has 0 bridgehead atoms. The molecule has 4 heterocycles. The Bertz CT molecular complexity index is 1200. The molecular formula is C31H36Cl2N2O2S. The molecule has 3 saturated heterocycles. The van der Waals surface area contributed by atoms with Crippen LogP contribution in [0.25, 0.3) is 0 Å². The smallest absolute Gasteiger partial charge is 0.158 e. The largest absolute Gasteiger partial charge is 0.368 e. The van der Waals surface area contributed by atoms with Crippen molar-refractivity contribution in [2.45, 2.75) is 50.0 Å². The molecular weight excluding hydrogens is 535 g/mol. The van der Waals surface area contributed by atoms with Crippen LogP contribution in [0.3, 0.4) is 0 Å². The van der Waals surface area contributed by atoms with E-state index in [1.807, 2.05) is 18.2 Å². The maximum atomic E-state index is 10.7. The van der Waals surface area contributed by atoms with Crippen molar-refractivity contribution in [1.29, 1.82) is 0 Å². The normalized spacial score (nSPS) is 27.9. The first-order valence-corrected chi connectivity index (χ1v) is 15.5. The summed E-state index contributed by atoms with van der Waals surface area (Å²) in [6.07, 6.45) is 3.16. The Hall–Kier alpha value is -1.44. The van der Waals surface area contributed by atoms with E-state index in [1.54, 1.807) is 11.3 Å². The first-order chi connectivity index (χ1) is 18.5. The predicted molar refractivity (Wildman–Crippen MR) is 156 cm³/mol.